The molecule has 0 fully saturated rings. The molecular weight excluding hydrogens is 138 g/mol. The van der Waals surface area contributed by atoms with Crippen LogP contribution in [0, 0.1) is 0 Å². The summed E-state index contributed by atoms with van der Waals surface area (Å²) in [5.74, 6) is 0. The van der Waals surface area contributed by atoms with Crippen LogP contribution in [-0.2, 0) is 19.5 Å². The third-order valence-corrected chi connectivity index (χ3v) is 0. The molecule has 0 bridgehead atoms. The van der Waals surface area contributed by atoms with Crippen molar-refractivity contribution in [3.8, 4) is 0 Å². The van der Waals surface area contributed by atoms with E-state index >= 15 is 0 Å². The molecule has 22 valence electrons. The second-order valence-corrected chi connectivity index (χ2v) is 0. The summed E-state index contributed by atoms with van der Waals surface area (Å²) in [5.41, 5.74) is 0. The molecule has 0 aromatic rings. The van der Waals surface area contributed by atoms with Gasteiger partial charge in [-0.05, 0) is 10.1 Å². The first kappa shape index (κ1) is 27.8. The van der Waals surface area contributed by atoms with Gasteiger partial charge in [-0.25, -0.2) is 0 Å². The zero-order valence-electron chi connectivity index (χ0n) is 2.71. The minimum atomic E-state index is 0. The average molecular weight is 147 g/mol. The summed E-state index contributed by atoms with van der Waals surface area (Å²) in [6.45, 7) is 0. The molecule has 0 N–H and O–H groups in total. The van der Waals surface area contributed by atoms with Gasteiger partial charge in [-0.2, -0.15) is 0 Å². The summed E-state index contributed by atoms with van der Waals surface area (Å²) < 4.78 is 0. The summed E-state index contributed by atoms with van der Waals surface area (Å²) >= 11 is 0. The molecule has 0 saturated carbocycles. The molecule has 0 aromatic carbocycles. The number of hydrogen-bond acceptors (Lipinski definition) is 0. The number of hydrogen-bond donors (Lipinski definition) is 0. The van der Waals surface area contributed by atoms with Gasteiger partial charge in [-0.15, -0.1) is 0 Å². The SMILES string of the molecule is B[SiH3].[AlH3].[LiH].[Zn]. The van der Waals surface area contributed by atoms with E-state index in [-0.39, 0.29) is 55.7 Å². The molecule has 0 atom stereocenters. The van der Waals surface area contributed by atoms with Crippen molar-refractivity contribution in [3.63, 3.8) is 0 Å². The molecule has 0 radical (unpaired) electrons. The van der Waals surface area contributed by atoms with Crippen molar-refractivity contribution in [3.05, 3.63) is 0 Å². The predicted octanol–water partition coefficient (Wildman–Crippen LogP) is -3.94. The van der Waals surface area contributed by atoms with E-state index in [1.54, 1.807) is 0 Å². The number of rotatable bonds is 0. The first-order chi connectivity index (χ1) is 1.00. The van der Waals surface area contributed by atoms with Gasteiger partial charge in [0, 0.05) is 19.5 Å². The molecule has 0 rings (SSSR count). The first-order valence-electron chi connectivity index (χ1n) is 1.00. The van der Waals surface area contributed by atoms with Gasteiger partial charge < -0.3 is 0 Å². The maximum Gasteiger partial charge on any atom is 0 e. The Balaban J connectivity index is -0.00000000167. The van der Waals surface area contributed by atoms with Crippen LogP contribution < -0.4 is 0 Å². The first-order valence-corrected chi connectivity index (χ1v) is 3.00. The maximum absolute atomic E-state index is 2.14. The van der Waals surface area contributed by atoms with E-state index < -0.39 is 0 Å². The zero-order chi connectivity index (χ0) is 2.00. The molecule has 0 aliphatic heterocycles. The van der Waals surface area contributed by atoms with E-state index in [2.05, 4.69) is 7.44 Å². The minimum absolute atomic E-state index is 0. The standard InChI is InChI=1S/Al.BH5Si.Li.Zn.4H/c;1-2;;;;;;/h;1H2,2H3;;;;;;. The molecule has 0 nitrogen and oxygen atoms in total. The fourth-order valence-corrected chi connectivity index (χ4v) is 0. The van der Waals surface area contributed by atoms with Crippen molar-refractivity contribution in [1.29, 1.82) is 0 Å². The zero-order valence-corrected chi connectivity index (χ0v) is 7.67. The Morgan fingerprint density at radius 2 is 1.20 bits per heavy atom. The minimum Gasteiger partial charge on any atom is 0 e. The molecule has 0 aliphatic rings. The third kappa shape index (κ3) is 23.7. The van der Waals surface area contributed by atoms with Crippen molar-refractivity contribution in [2.75, 3.05) is 0 Å². The molecular formula is H9AlBLiSiZn. The van der Waals surface area contributed by atoms with Crippen LogP contribution in [0.4, 0.5) is 0 Å². The van der Waals surface area contributed by atoms with Crippen LogP contribution in [0.15, 0.2) is 0 Å². The monoisotopic (exact) mass is 146 g/mol. The summed E-state index contributed by atoms with van der Waals surface area (Å²) in [5, 5.41) is 0. The van der Waals surface area contributed by atoms with Crippen molar-refractivity contribution < 1.29 is 19.5 Å². The van der Waals surface area contributed by atoms with Crippen LogP contribution in [0.2, 0.25) is 0 Å². The van der Waals surface area contributed by atoms with Crippen LogP contribution in [-0.4, -0.2) is 53.8 Å². The van der Waals surface area contributed by atoms with Crippen molar-refractivity contribution in [2.24, 2.45) is 0 Å². The van der Waals surface area contributed by atoms with E-state index in [1.165, 1.54) is 10.1 Å². The van der Waals surface area contributed by atoms with Crippen LogP contribution in [0.5, 0.6) is 0 Å². The van der Waals surface area contributed by atoms with Gasteiger partial charge in [0.25, 0.3) is 0 Å². The Labute approximate surface area is 72.7 Å². The molecule has 0 amide bonds. The van der Waals surface area contributed by atoms with Crippen molar-refractivity contribution in [1.82, 2.24) is 0 Å². The van der Waals surface area contributed by atoms with Gasteiger partial charge in [0.05, 0.1) is 7.44 Å². The van der Waals surface area contributed by atoms with Gasteiger partial charge in [-0.1, -0.05) is 0 Å². The van der Waals surface area contributed by atoms with Crippen LogP contribution in [0.1, 0.15) is 0 Å². The summed E-state index contributed by atoms with van der Waals surface area (Å²) in [4.78, 5) is 0. The Morgan fingerprint density at radius 1 is 1.20 bits per heavy atom. The second-order valence-electron chi connectivity index (χ2n) is 0. The van der Waals surface area contributed by atoms with Gasteiger partial charge in [0.15, 0.2) is 17.4 Å². The molecule has 0 spiro atoms. The van der Waals surface area contributed by atoms with Crippen molar-refractivity contribution in [2.45, 2.75) is 0 Å². The molecule has 5 heavy (non-hydrogen) atoms. The fourth-order valence-electron chi connectivity index (χ4n) is 0. The summed E-state index contributed by atoms with van der Waals surface area (Å²) in [6, 6.07) is 0. The van der Waals surface area contributed by atoms with Gasteiger partial charge in [0.1, 0.15) is 0 Å². The molecule has 0 aliphatic carbocycles. The predicted molar refractivity (Wildman–Crippen MR) is 35.6 cm³/mol. The van der Waals surface area contributed by atoms with Crippen LogP contribution >= 0.6 is 0 Å². The van der Waals surface area contributed by atoms with Gasteiger partial charge in [-0.3, -0.25) is 0 Å². The molecule has 0 unspecified atom stereocenters. The Morgan fingerprint density at radius 3 is 1.20 bits per heavy atom. The van der Waals surface area contributed by atoms with Crippen molar-refractivity contribution >= 4 is 53.8 Å². The maximum atomic E-state index is 2.14. The quantitative estimate of drug-likeness (QED) is 0.307. The fraction of sp³-hybridized carbons (Fsp3) is 0. The molecule has 0 aromatic heterocycles. The summed E-state index contributed by atoms with van der Waals surface area (Å²) in [7, 11) is 3.44. The van der Waals surface area contributed by atoms with Gasteiger partial charge >= 0.3 is 18.9 Å². The Bertz CT molecular complexity index is 11.6. The Kier molecular flexibility index (Phi) is 206. The van der Waals surface area contributed by atoms with Crippen LogP contribution in [0.25, 0.3) is 0 Å². The van der Waals surface area contributed by atoms with E-state index in [4.69, 9.17) is 0 Å². The van der Waals surface area contributed by atoms with E-state index in [9.17, 15) is 0 Å². The average Bonchev–Trinajstić information content (AvgIpc) is 1.00. The van der Waals surface area contributed by atoms with E-state index in [0.717, 1.165) is 0 Å². The molecule has 0 saturated heterocycles. The smallest absolute Gasteiger partial charge is 0 e. The van der Waals surface area contributed by atoms with Gasteiger partial charge in [0.2, 0.25) is 0 Å². The normalized spacial score (nSPS) is 1.60. The molecule has 5 heteroatoms. The van der Waals surface area contributed by atoms with E-state index in [1.807, 2.05) is 0 Å². The second kappa shape index (κ2) is 36.9. The topological polar surface area (TPSA) is 0 Å². The Hall–Kier alpha value is 2.04. The van der Waals surface area contributed by atoms with E-state index in [0.29, 0.717) is 0 Å². The summed E-state index contributed by atoms with van der Waals surface area (Å²) in [6.07, 6.45) is 0. The van der Waals surface area contributed by atoms with Crippen LogP contribution in [0.3, 0.4) is 0 Å². The third-order valence-electron chi connectivity index (χ3n) is 0. The molecule has 0 heterocycles. The largest absolute Gasteiger partial charge is 0 e.